The van der Waals surface area contributed by atoms with Crippen molar-refractivity contribution in [1.29, 1.82) is 0 Å². The Hall–Kier alpha value is -1.25. The molecule has 0 N–H and O–H groups in total. The van der Waals surface area contributed by atoms with E-state index in [2.05, 4.69) is 4.98 Å². The van der Waals surface area contributed by atoms with Crippen LogP contribution in [0.3, 0.4) is 0 Å². The highest BCUT2D eigenvalue weighted by molar-refractivity contribution is 5.99. The third kappa shape index (κ3) is 1.46. The van der Waals surface area contributed by atoms with Crippen LogP contribution < -0.4 is 0 Å². The van der Waals surface area contributed by atoms with Crippen LogP contribution in [-0.2, 0) is 0 Å². The zero-order valence-electron chi connectivity index (χ0n) is 7.33. The Labute approximate surface area is 75.8 Å². The molecule has 0 radical (unpaired) electrons. The van der Waals surface area contributed by atoms with Crippen LogP contribution in [0.1, 0.15) is 23.7 Å². The van der Waals surface area contributed by atoms with E-state index < -0.39 is 5.82 Å². The van der Waals surface area contributed by atoms with Gasteiger partial charge in [-0.1, -0.05) is 6.92 Å². The molecule has 13 heavy (non-hydrogen) atoms. The molecule has 1 saturated carbocycles. The molecule has 2 rings (SSSR count). The number of rotatable bonds is 2. The molecule has 0 bridgehead atoms. The van der Waals surface area contributed by atoms with Crippen molar-refractivity contribution in [2.75, 3.05) is 0 Å². The van der Waals surface area contributed by atoms with Gasteiger partial charge in [0.25, 0.3) is 0 Å². The summed E-state index contributed by atoms with van der Waals surface area (Å²) >= 11 is 0. The van der Waals surface area contributed by atoms with Crippen LogP contribution in [0.2, 0.25) is 0 Å². The fourth-order valence-electron chi connectivity index (χ4n) is 1.46. The third-order valence-electron chi connectivity index (χ3n) is 2.48. The predicted molar refractivity (Wildman–Crippen MR) is 45.8 cm³/mol. The first kappa shape index (κ1) is 8.35. The number of carbonyl (C=O) groups is 1. The summed E-state index contributed by atoms with van der Waals surface area (Å²) in [5.41, 5.74) is 0.185. The summed E-state index contributed by atoms with van der Waals surface area (Å²) in [5.74, 6) is -0.129. The average Bonchev–Trinajstić information content (AvgIpc) is 2.82. The minimum atomic E-state index is -0.508. The van der Waals surface area contributed by atoms with Gasteiger partial charge in [-0.3, -0.25) is 9.78 Å². The van der Waals surface area contributed by atoms with E-state index in [1.807, 2.05) is 6.92 Å². The van der Waals surface area contributed by atoms with Gasteiger partial charge in [0.15, 0.2) is 11.6 Å². The Morgan fingerprint density at radius 1 is 1.69 bits per heavy atom. The van der Waals surface area contributed by atoms with Crippen molar-refractivity contribution in [2.45, 2.75) is 13.3 Å². The van der Waals surface area contributed by atoms with Crippen molar-refractivity contribution >= 4 is 5.78 Å². The van der Waals surface area contributed by atoms with Gasteiger partial charge in [-0.2, -0.15) is 0 Å². The molecule has 2 atom stereocenters. The van der Waals surface area contributed by atoms with Crippen molar-refractivity contribution in [1.82, 2.24) is 4.98 Å². The van der Waals surface area contributed by atoms with Gasteiger partial charge in [-0.15, -0.1) is 0 Å². The van der Waals surface area contributed by atoms with Crippen molar-refractivity contribution < 1.29 is 9.18 Å². The topological polar surface area (TPSA) is 30.0 Å². The average molecular weight is 179 g/mol. The van der Waals surface area contributed by atoms with Crippen LogP contribution in [0.5, 0.6) is 0 Å². The highest BCUT2D eigenvalue weighted by Crippen LogP contribution is 2.40. The molecule has 1 aliphatic carbocycles. The van der Waals surface area contributed by atoms with Crippen molar-refractivity contribution in [3.63, 3.8) is 0 Å². The molecule has 1 aliphatic rings. The molecule has 0 amide bonds. The molecule has 2 unspecified atom stereocenters. The van der Waals surface area contributed by atoms with Gasteiger partial charge < -0.3 is 0 Å². The number of Topliss-reactive ketones (excluding diaryl/α,β-unsaturated/α-hetero) is 1. The molecule has 2 nitrogen and oxygen atoms in total. The number of halogens is 1. The van der Waals surface area contributed by atoms with E-state index in [0.29, 0.717) is 5.92 Å². The molecular formula is C10H10FNO. The summed E-state index contributed by atoms with van der Waals surface area (Å²) < 4.78 is 13.1. The first-order valence-corrected chi connectivity index (χ1v) is 4.34. The van der Waals surface area contributed by atoms with Crippen molar-refractivity contribution in [2.24, 2.45) is 11.8 Å². The largest absolute Gasteiger partial charge is 0.294 e. The summed E-state index contributed by atoms with van der Waals surface area (Å²) in [6.07, 6.45) is 3.42. The molecule has 0 aromatic carbocycles. The number of carbonyl (C=O) groups excluding carboxylic acids is 1. The fourth-order valence-corrected chi connectivity index (χ4v) is 1.46. The quantitative estimate of drug-likeness (QED) is 0.650. The summed E-state index contributed by atoms with van der Waals surface area (Å²) in [5, 5.41) is 0. The van der Waals surface area contributed by atoms with Crippen LogP contribution in [0, 0.1) is 17.7 Å². The van der Waals surface area contributed by atoms with Gasteiger partial charge in [0, 0.05) is 12.1 Å². The normalized spacial score (nSPS) is 25.7. The van der Waals surface area contributed by atoms with Gasteiger partial charge in [0.2, 0.25) is 0 Å². The second kappa shape index (κ2) is 2.91. The predicted octanol–water partition coefficient (Wildman–Crippen LogP) is 2.06. The lowest BCUT2D eigenvalue weighted by Gasteiger charge is -1.99. The number of ketones is 1. The summed E-state index contributed by atoms with van der Waals surface area (Å²) in [6, 6.07) is 1.45. The molecular weight excluding hydrogens is 169 g/mol. The molecule has 1 heterocycles. The van der Waals surface area contributed by atoms with Crippen LogP contribution in [0.4, 0.5) is 4.39 Å². The lowest BCUT2D eigenvalue weighted by atomic mass is 10.1. The number of nitrogens with zero attached hydrogens (tertiary/aromatic N) is 1. The lowest BCUT2D eigenvalue weighted by molar-refractivity contribution is 0.0958. The molecule has 1 aromatic heterocycles. The van der Waals surface area contributed by atoms with Gasteiger partial charge in [0.05, 0.1) is 11.8 Å². The van der Waals surface area contributed by atoms with E-state index in [1.165, 1.54) is 12.3 Å². The van der Waals surface area contributed by atoms with E-state index in [0.717, 1.165) is 12.6 Å². The van der Waals surface area contributed by atoms with Crippen LogP contribution in [0.15, 0.2) is 18.5 Å². The maximum Gasteiger partial charge on any atom is 0.169 e. The second-order valence-corrected chi connectivity index (χ2v) is 3.54. The SMILES string of the molecule is CC1CC1C(=O)c1ccncc1F. The molecule has 1 fully saturated rings. The molecule has 0 aliphatic heterocycles. The highest BCUT2D eigenvalue weighted by Gasteiger charge is 2.40. The molecule has 0 saturated heterocycles. The van der Waals surface area contributed by atoms with Crippen LogP contribution >= 0.6 is 0 Å². The van der Waals surface area contributed by atoms with E-state index in [4.69, 9.17) is 0 Å². The maximum absolute atomic E-state index is 13.1. The Kier molecular flexibility index (Phi) is 1.87. The zero-order valence-corrected chi connectivity index (χ0v) is 7.33. The molecule has 3 heteroatoms. The zero-order chi connectivity index (χ0) is 9.42. The van der Waals surface area contributed by atoms with Crippen molar-refractivity contribution in [3.8, 4) is 0 Å². The van der Waals surface area contributed by atoms with Gasteiger partial charge in [-0.25, -0.2) is 4.39 Å². The summed E-state index contributed by atoms with van der Waals surface area (Å²) in [6.45, 7) is 2.00. The van der Waals surface area contributed by atoms with E-state index in [9.17, 15) is 9.18 Å². The number of hydrogen-bond donors (Lipinski definition) is 0. The Bertz CT molecular complexity index is 351. The Morgan fingerprint density at radius 2 is 2.38 bits per heavy atom. The van der Waals surface area contributed by atoms with Gasteiger partial charge >= 0.3 is 0 Å². The maximum atomic E-state index is 13.1. The molecule has 1 aromatic rings. The highest BCUT2D eigenvalue weighted by atomic mass is 19.1. The first-order chi connectivity index (χ1) is 6.20. The summed E-state index contributed by atoms with van der Waals surface area (Å²) in [7, 11) is 0. The second-order valence-electron chi connectivity index (χ2n) is 3.54. The Balaban J connectivity index is 2.25. The van der Waals surface area contributed by atoms with Gasteiger partial charge in [0.1, 0.15) is 0 Å². The van der Waals surface area contributed by atoms with Gasteiger partial charge in [-0.05, 0) is 18.4 Å². The molecule has 68 valence electrons. The smallest absolute Gasteiger partial charge is 0.169 e. The number of aromatic nitrogens is 1. The number of pyridine rings is 1. The van der Waals surface area contributed by atoms with Crippen molar-refractivity contribution in [3.05, 3.63) is 29.8 Å². The minimum absolute atomic E-state index is 0.0388. The minimum Gasteiger partial charge on any atom is -0.294 e. The van der Waals surface area contributed by atoms with Crippen LogP contribution in [-0.4, -0.2) is 10.8 Å². The monoisotopic (exact) mass is 179 g/mol. The van der Waals surface area contributed by atoms with Crippen LogP contribution in [0.25, 0.3) is 0 Å². The first-order valence-electron chi connectivity index (χ1n) is 4.34. The van der Waals surface area contributed by atoms with E-state index in [-0.39, 0.29) is 17.3 Å². The Morgan fingerprint density at radius 3 is 2.92 bits per heavy atom. The standard InChI is InChI=1S/C10H10FNO/c1-6-4-8(6)10(13)7-2-3-12-5-9(7)11/h2-3,5-6,8H,4H2,1H3. The lowest BCUT2D eigenvalue weighted by Crippen LogP contribution is -2.05. The summed E-state index contributed by atoms with van der Waals surface area (Å²) in [4.78, 5) is 15.2. The van der Waals surface area contributed by atoms with E-state index >= 15 is 0 Å². The number of hydrogen-bond acceptors (Lipinski definition) is 2. The third-order valence-corrected chi connectivity index (χ3v) is 2.48. The van der Waals surface area contributed by atoms with E-state index in [1.54, 1.807) is 0 Å². The molecule has 0 spiro atoms. The fraction of sp³-hybridized carbons (Fsp3) is 0.400.